The lowest BCUT2D eigenvalue weighted by molar-refractivity contribution is -0.633. The fourth-order valence-corrected chi connectivity index (χ4v) is 4.17. The molecule has 1 aromatic heterocycles. The van der Waals surface area contributed by atoms with Crippen molar-refractivity contribution in [3.8, 4) is 11.3 Å². The van der Waals surface area contributed by atoms with E-state index >= 15 is 0 Å². The summed E-state index contributed by atoms with van der Waals surface area (Å²) in [5.74, 6) is 0.753. The summed E-state index contributed by atoms with van der Waals surface area (Å²) < 4.78 is 2.36. The van der Waals surface area contributed by atoms with Crippen LogP contribution in [0.15, 0.2) is 54.6 Å². The van der Waals surface area contributed by atoms with Crippen LogP contribution in [0.2, 0.25) is 0 Å². The number of hydrogen-bond acceptors (Lipinski definition) is 0. The molecular weight excluding hydrogens is 278 g/mol. The number of nitrogens with zero attached hydrogens (tertiary/aromatic N) is 1. The van der Waals surface area contributed by atoms with Crippen LogP contribution in [0, 0.1) is 6.92 Å². The molecule has 2 aromatic carbocycles. The fraction of sp³-hybridized carbons (Fsp3) is 0.318. The third-order valence-electron chi connectivity index (χ3n) is 5.46. The van der Waals surface area contributed by atoms with Crippen molar-refractivity contribution < 1.29 is 4.57 Å². The minimum atomic E-state index is 0.753. The molecule has 0 aliphatic heterocycles. The summed E-state index contributed by atoms with van der Waals surface area (Å²) in [7, 11) is 2.20. The highest BCUT2D eigenvalue weighted by Crippen LogP contribution is 2.37. The van der Waals surface area contributed by atoms with Gasteiger partial charge in [-0.25, -0.2) is 0 Å². The van der Waals surface area contributed by atoms with Gasteiger partial charge in [-0.3, -0.25) is 0 Å². The lowest BCUT2D eigenvalue weighted by Crippen LogP contribution is -2.32. The van der Waals surface area contributed by atoms with Gasteiger partial charge in [0.15, 0.2) is 0 Å². The van der Waals surface area contributed by atoms with Crippen LogP contribution >= 0.6 is 0 Å². The fourth-order valence-electron chi connectivity index (χ4n) is 4.17. The maximum atomic E-state index is 2.36. The minimum absolute atomic E-state index is 0.753. The summed E-state index contributed by atoms with van der Waals surface area (Å²) >= 11 is 0. The van der Waals surface area contributed by atoms with Crippen molar-refractivity contribution in [1.82, 2.24) is 0 Å². The number of benzene rings is 2. The highest BCUT2D eigenvalue weighted by atomic mass is 14.9. The van der Waals surface area contributed by atoms with Gasteiger partial charge in [0.2, 0.25) is 11.2 Å². The third-order valence-corrected chi connectivity index (χ3v) is 5.46. The molecule has 0 spiro atoms. The van der Waals surface area contributed by atoms with Crippen LogP contribution in [0.3, 0.4) is 0 Å². The predicted molar refractivity (Wildman–Crippen MR) is 96.5 cm³/mol. The first-order valence-corrected chi connectivity index (χ1v) is 8.73. The maximum absolute atomic E-state index is 2.36. The zero-order valence-corrected chi connectivity index (χ0v) is 14.0. The topological polar surface area (TPSA) is 3.88 Å². The number of aromatic nitrogens is 1. The quantitative estimate of drug-likeness (QED) is 0.566. The summed E-state index contributed by atoms with van der Waals surface area (Å²) in [5.41, 5.74) is 6.83. The molecule has 1 nitrogen and oxygen atoms in total. The smallest absolute Gasteiger partial charge is 0.194 e. The number of hydrogen-bond donors (Lipinski definition) is 0. The van der Waals surface area contributed by atoms with Crippen molar-refractivity contribution >= 4 is 10.9 Å². The lowest BCUT2D eigenvalue weighted by atomic mass is 9.93. The van der Waals surface area contributed by atoms with E-state index in [1.807, 2.05) is 0 Å². The number of rotatable bonds is 2. The van der Waals surface area contributed by atoms with Crippen molar-refractivity contribution in [2.45, 2.75) is 38.5 Å². The Labute approximate surface area is 138 Å². The zero-order chi connectivity index (χ0) is 15.8. The summed E-state index contributed by atoms with van der Waals surface area (Å²) in [4.78, 5) is 0. The molecule has 1 saturated carbocycles. The van der Waals surface area contributed by atoms with Crippen LogP contribution < -0.4 is 4.57 Å². The second-order valence-electron chi connectivity index (χ2n) is 6.85. The molecule has 0 N–H and O–H groups in total. The molecule has 3 aromatic rings. The van der Waals surface area contributed by atoms with Gasteiger partial charge in [0.1, 0.15) is 7.05 Å². The van der Waals surface area contributed by atoms with Crippen LogP contribution in [0.4, 0.5) is 0 Å². The van der Waals surface area contributed by atoms with Gasteiger partial charge in [0, 0.05) is 23.1 Å². The van der Waals surface area contributed by atoms with Gasteiger partial charge in [-0.2, -0.15) is 4.57 Å². The molecule has 0 atom stereocenters. The molecule has 4 rings (SSSR count). The normalized spacial score (nSPS) is 15.4. The van der Waals surface area contributed by atoms with E-state index < -0.39 is 0 Å². The standard InChI is InChI=1S/C22H24N/c1-16-8-3-6-11-18(16)22-15-14-20-19(17-9-4-5-10-17)12-7-13-21(20)23(22)2/h3,6-8,11-15,17H,4-5,9-10H2,1-2H3/q+1. The van der Waals surface area contributed by atoms with E-state index in [-0.39, 0.29) is 0 Å². The first kappa shape index (κ1) is 14.4. The zero-order valence-electron chi connectivity index (χ0n) is 14.0. The van der Waals surface area contributed by atoms with Gasteiger partial charge in [-0.15, -0.1) is 0 Å². The van der Waals surface area contributed by atoms with E-state index in [9.17, 15) is 0 Å². The molecule has 1 heteroatoms. The third kappa shape index (κ3) is 2.45. The highest BCUT2D eigenvalue weighted by Gasteiger charge is 2.22. The van der Waals surface area contributed by atoms with Crippen LogP contribution in [0.1, 0.15) is 42.7 Å². The Morgan fingerprint density at radius 1 is 0.870 bits per heavy atom. The van der Waals surface area contributed by atoms with Crippen molar-refractivity contribution in [3.63, 3.8) is 0 Å². The Morgan fingerprint density at radius 2 is 1.65 bits per heavy atom. The monoisotopic (exact) mass is 302 g/mol. The van der Waals surface area contributed by atoms with Gasteiger partial charge in [0.05, 0.1) is 0 Å². The first-order valence-electron chi connectivity index (χ1n) is 8.73. The Bertz CT molecular complexity index is 857. The molecule has 23 heavy (non-hydrogen) atoms. The second-order valence-corrected chi connectivity index (χ2v) is 6.85. The van der Waals surface area contributed by atoms with Crippen molar-refractivity contribution in [3.05, 3.63) is 65.7 Å². The molecule has 0 saturated heterocycles. The van der Waals surface area contributed by atoms with E-state index in [4.69, 9.17) is 0 Å². The Balaban J connectivity index is 1.91. The summed E-state index contributed by atoms with van der Waals surface area (Å²) in [6.45, 7) is 2.19. The van der Waals surface area contributed by atoms with Crippen LogP contribution in [0.25, 0.3) is 22.2 Å². The summed E-state index contributed by atoms with van der Waals surface area (Å²) in [5, 5.41) is 1.43. The summed E-state index contributed by atoms with van der Waals surface area (Å²) in [6.07, 6.45) is 5.47. The predicted octanol–water partition coefficient (Wildman–Crippen LogP) is 5.30. The van der Waals surface area contributed by atoms with E-state index in [2.05, 4.69) is 73.1 Å². The molecule has 1 aliphatic rings. The molecule has 1 fully saturated rings. The Kier molecular flexibility index (Phi) is 3.65. The van der Waals surface area contributed by atoms with Gasteiger partial charge in [0.25, 0.3) is 0 Å². The molecule has 1 aliphatic carbocycles. The van der Waals surface area contributed by atoms with Gasteiger partial charge < -0.3 is 0 Å². The first-order chi connectivity index (χ1) is 11.3. The molecule has 0 amide bonds. The average Bonchev–Trinajstić information content (AvgIpc) is 3.10. The van der Waals surface area contributed by atoms with E-state index in [0.29, 0.717) is 0 Å². The van der Waals surface area contributed by atoms with Gasteiger partial charge >= 0.3 is 0 Å². The van der Waals surface area contributed by atoms with Crippen molar-refractivity contribution in [2.75, 3.05) is 0 Å². The molecule has 0 radical (unpaired) electrons. The Hall–Kier alpha value is -2.15. The van der Waals surface area contributed by atoms with E-state index in [1.54, 1.807) is 5.56 Å². The minimum Gasteiger partial charge on any atom is -0.194 e. The van der Waals surface area contributed by atoms with Crippen LogP contribution in [-0.2, 0) is 7.05 Å². The number of aryl methyl sites for hydroxylation is 2. The molecule has 116 valence electrons. The van der Waals surface area contributed by atoms with Crippen molar-refractivity contribution in [2.24, 2.45) is 7.05 Å². The Morgan fingerprint density at radius 3 is 2.43 bits per heavy atom. The largest absolute Gasteiger partial charge is 0.213 e. The van der Waals surface area contributed by atoms with Crippen LogP contribution in [-0.4, -0.2) is 0 Å². The van der Waals surface area contributed by atoms with Crippen molar-refractivity contribution in [1.29, 1.82) is 0 Å². The van der Waals surface area contributed by atoms with Gasteiger partial charge in [-0.05, 0) is 48.9 Å². The van der Waals surface area contributed by atoms with E-state index in [0.717, 1.165) is 5.92 Å². The molecule has 0 bridgehead atoms. The van der Waals surface area contributed by atoms with E-state index in [1.165, 1.54) is 53.4 Å². The van der Waals surface area contributed by atoms with Gasteiger partial charge in [-0.1, -0.05) is 43.2 Å². The highest BCUT2D eigenvalue weighted by molar-refractivity contribution is 5.82. The number of pyridine rings is 1. The molecule has 1 heterocycles. The second kappa shape index (κ2) is 5.81. The SMILES string of the molecule is Cc1ccccc1-c1ccc2c(C3CCCC3)cccc2[n+]1C. The van der Waals surface area contributed by atoms with Crippen LogP contribution in [0.5, 0.6) is 0 Å². The summed E-state index contributed by atoms with van der Waals surface area (Å²) in [6, 6.07) is 20.1. The molecular formula is C22H24N+. The maximum Gasteiger partial charge on any atom is 0.213 e. The average molecular weight is 302 g/mol. The number of fused-ring (bicyclic) bond motifs is 1. The lowest BCUT2D eigenvalue weighted by Gasteiger charge is -2.13. The molecule has 0 unspecified atom stereocenters.